The van der Waals surface area contributed by atoms with Crippen LogP contribution >= 0.6 is 23.2 Å². The van der Waals surface area contributed by atoms with Crippen molar-refractivity contribution >= 4 is 46.7 Å². The number of carbonyl (C=O) groups excluding carboxylic acids is 4. The average molecular weight is 426 g/mol. The van der Waals surface area contributed by atoms with E-state index in [-0.39, 0.29) is 18.4 Å². The van der Waals surface area contributed by atoms with E-state index >= 15 is 0 Å². The molecule has 28 heavy (non-hydrogen) atoms. The molecule has 0 aromatic heterocycles. The molecule has 0 radical (unpaired) electrons. The van der Waals surface area contributed by atoms with Crippen LogP contribution in [0.4, 0.5) is 0 Å². The number of carbonyl (C=O) groups is 4. The molecule has 3 rings (SSSR count). The van der Waals surface area contributed by atoms with Gasteiger partial charge in [0.15, 0.2) is 0 Å². The maximum absolute atomic E-state index is 12.6. The molecule has 1 N–H and O–H groups in total. The summed E-state index contributed by atoms with van der Waals surface area (Å²) in [6.45, 7) is 1.70. The number of nitrogens with zero attached hydrogens (tertiary/aromatic N) is 2. The van der Waals surface area contributed by atoms with Gasteiger partial charge in [-0.3, -0.25) is 19.2 Å². The summed E-state index contributed by atoms with van der Waals surface area (Å²) in [5.41, 5.74) is 0.495. The Morgan fingerprint density at radius 3 is 2.39 bits per heavy atom. The Labute approximate surface area is 172 Å². The lowest BCUT2D eigenvalue weighted by molar-refractivity contribution is -0.142. The zero-order valence-corrected chi connectivity index (χ0v) is 16.9. The summed E-state index contributed by atoms with van der Waals surface area (Å²) in [5.74, 6) is -2.48. The summed E-state index contributed by atoms with van der Waals surface area (Å²) >= 11 is 11.9. The largest absolute Gasteiger partial charge is 0.355 e. The highest BCUT2D eigenvalue weighted by atomic mass is 35.5. The smallest absolute Gasteiger partial charge is 0.290 e. The summed E-state index contributed by atoms with van der Waals surface area (Å²) in [6.07, 6.45) is 1.48. The van der Waals surface area contributed by atoms with Gasteiger partial charge in [-0.1, -0.05) is 23.2 Å². The number of rotatable bonds is 4. The minimum atomic E-state index is -0.922. The van der Waals surface area contributed by atoms with Gasteiger partial charge in [0.1, 0.15) is 5.92 Å². The number of likely N-dealkylation sites (N-methyl/N-ethyl adjacent to an activating group) is 1. The molecule has 150 valence electrons. The van der Waals surface area contributed by atoms with Crippen LogP contribution in [0.3, 0.4) is 0 Å². The molecule has 0 aliphatic carbocycles. The van der Waals surface area contributed by atoms with Gasteiger partial charge in [0.2, 0.25) is 11.7 Å². The fraction of sp³-hybridized carbons (Fsp3) is 0.474. The maximum atomic E-state index is 12.6. The number of hydrogen-bond donors (Lipinski definition) is 1. The van der Waals surface area contributed by atoms with E-state index in [2.05, 4.69) is 5.32 Å². The zero-order valence-electron chi connectivity index (χ0n) is 15.4. The van der Waals surface area contributed by atoms with Crippen LogP contribution in [0, 0.1) is 11.8 Å². The third kappa shape index (κ3) is 4.31. The first kappa shape index (κ1) is 20.6. The number of benzene rings is 1. The number of halogens is 2. The van der Waals surface area contributed by atoms with Gasteiger partial charge in [-0.15, -0.1) is 0 Å². The van der Waals surface area contributed by atoms with Crippen molar-refractivity contribution in [1.82, 2.24) is 15.1 Å². The number of piperidine rings is 1. The van der Waals surface area contributed by atoms with E-state index in [0.717, 1.165) is 12.8 Å². The molecule has 0 bridgehead atoms. The first-order valence-electron chi connectivity index (χ1n) is 9.09. The van der Waals surface area contributed by atoms with Crippen molar-refractivity contribution in [3.05, 3.63) is 33.8 Å². The van der Waals surface area contributed by atoms with Crippen LogP contribution in [-0.2, 0) is 14.4 Å². The third-order valence-electron chi connectivity index (χ3n) is 5.28. The highest BCUT2D eigenvalue weighted by molar-refractivity contribution is 6.42. The Hall–Kier alpha value is -2.12. The monoisotopic (exact) mass is 425 g/mol. The van der Waals surface area contributed by atoms with Crippen LogP contribution in [-0.4, -0.2) is 66.5 Å². The first-order valence-corrected chi connectivity index (χ1v) is 9.85. The molecule has 0 spiro atoms. The van der Waals surface area contributed by atoms with Gasteiger partial charge >= 0.3 is 0 Å². The van der Waals surface area contributed by atoms with E-state index in [1.807, 2.05) is 0 Å². The molecule has 1 aromatic rings. The van der Waals surface area contributed by atoms with E-state index in [1.54, 1.807) is 23.1 Å². The number of ketones is 1. The number of Topliss-reactive ketones (excluding diaryl/α,β-unsaturated/α-hetero) is 1. The van der Waals surface area contributed by atoms with Crippen molar-refractivity contribution in [3.63, 3.8) is 0 Å². The molecule has 0 saturated carbocycles. The second-order valence-corrected chi connectivity index (χ2v) is 8.03. The van der Waals surface area contributed by atoms with Crippen LogP contribution in [0.15, 0.2) is 18.2 Å². The average Bonchev–Trinajstić information content (AvgIpc) is 2.95. The molecule has 2 fully saturated rings. The van der Waals surface area contributed by atoms with Gasteiger partial charge in [-0.25, -0.2) is 0 Å². The molecular weight excluding hydrogens is 405 g/mol. The van der Waals surface area contributed by atoms with Crippen molar-refractivity contribution in [1.29, 1.82) is 0 Å². The molecule has 3 amide bonds. The third-order valence-corrected chi connectivity index (χ3v) is 6.02. The summed E-state index contributed by atoms with van der Waals surface area (Å²) < 4.78 is 0. The van der Waals surface area contributed by atoms with Crippen LogP contribution in [0.25, 0.3) is 0 Å². The second-order valence-electron chi connectivity index (χ2n) is 7.21. The molecule has 2 aliphatic rings. The second kappa shape index (κ2) is 8.49. The SMILES string of the molecule is CN1CC(C(=O)NCC2CCN(C(=O)c3ccc(Cl)c(Cl)c3)CC2)C(=O)C1=O. The topological polar surface area (TPSA) is 86.8 Å². The van der Waals surface area contributed by atoms with Crippen LogP contribution < -0.4 is 5.32 Å². The van der Waals surface area contributed by atoms with Crippen molar-refractivity contribution < 1.29 is 19.2 Å². The normalized spacial score (nSPS) is 20.6. The fourth-order valence-electron chi connectivity index (χ4n) is 3.50. The lowest BCUT2D eigenvalue weighted by Crippen LogP contribution is -2.43. The predicted molar refractivity (Wildman–Crippen MR) is 104 cm³/mol. The van der Waals surface area contributed by atoms with Crippen LogP contribution in [0.2, 0.25) is 10.0 Å². The molecular formula is C19H21Cl2N3O4. The molecule has 7 nitrogen and oxygen atoms in total. The Balaban J connectivity index is 1.47. The highest BCUT2D eigenvalue weighted by Gasteiger charge is 2.41. The predicted octanol–water partition coefficient (Wildman–Crippen LogP) is 1.62. The number of amides is 3. The molecule has 9 heteroatoms. The Morgan fingerprint density at radius 2 is 1.82 bits per heavy atom. The molecule has 1 aromatic carbocycles. The lowest BCUT2D eigenvalue weighted by Gasteiger charge is -2.32. The van der Waals surface area contributed by atoms with Gasteiger partial charge in [0.25, 0.3) is 11.8 Å². The van der Waals surface area contributed by atoms with Gasteiger partial charge in [0, 0.05) is 38.8 Å². The van der Waals surface area contributed by atoms with Crippen LogP contribution in [0.1, 0.15) is 23.2 Å². The first-order chi connectivity index (χ1) is 13.3. The van der Waals surface area contributed by atoms with E-state index in [1.165, 1.54) is 11.9 Å². The van der Waals surface area contributed by atoms with E-state index in [0.29, 0.717) is 35.2 Å². The Bertz CT molecular complexity index is 821. The van der Waals surface area contributed by atoms with E-state index in [9.17, 15) is 19.2 Å². The number of likely N-dealkylation sites (tertiary alicyclic amines) is 2. The lowest BCUT2D eigenvalue weighted by atomic mass is 9.95. The summed E-state index contributed by atoms with van der Waals surface area (Å²) in [7, 11) is 1.51. The van der Waals surface area contributed by atoms with Crippen molar-refractivity contribution in [3.8, 4) is 0 Å². The molecule has 2 aliphatic heterocycles. The Morgan fingerprint density at radius 1 is 1.14 bits per heavy atom. The molecule has 2 heterocycles. The Kier molecular flexibility index (Phi) is 6.25. The number of nitrogens with one attached hydrogen (secondary N) is 1. The van der Waals surface area contributed by atoms with Crippen LogP contribution in [0.5, 0.6) is 0 Å². The molecule has 1 unspecified atom stereocenters. The quantitative estimate of drug-likeness (QED) is 0.586. The van der Waals surface area contributed by atoms with Crippen molar-refractivity contribution in [2.24, 2.45) is 11.8 Å². The minimum absolute atomic E-state index is 0.0980. The minimum Gasteiger partial charge on any atom is -0.355 e. The summed E-state index contributed by atoms with van der Waals surface area (Å²) in [6, 6.07) is 4.82. The zero-order chi connectivity index (χ0) is 20.4. The standard InChI is InChI=1S/C19H21Cl2N3O4/c1-23-10-13(16(25)19(23)28)17(26)22-9-11-4-6-24(7-5-11)18(27)12-2-3-14(20)15(21)8-12/h2-3,8,11,13H,4-7,9-10H2,1H3,(H,22,26). The fourth-order valence-corrected chi connectivity index (χ4v) is 3.80. The molecule has 2 saturated heterocycles. The van der Waals surface area contributed by atoms with Gasteiger partial charge in [-0.05, 0) is 37.0 Å². The molecule has 1 atom stereocenters. The van der Waals surface area contributed by atoms with Gasteiger partial charge in [0.05, 0.1) is 10.0 Å². The highest BCUT2D eigenvalue weighted by Crippen LogP contribution is 2.25. The van der Waals surface area contributed by atoms with Gasteiger partial charge < -0.3 is 15.1 Å². The van der Waals surface area contributed by atoms with Gasteiger partial charge in [-0.2, -0.15) is 0 Å². The van der Waals surface area contributed by atoms with E-state index < -0.39 is 23.5 Å². The van der Waals surface area contributed by atoms with Crippen molar-refractivity contribution in [2.75, 3.05) is 33.2 Å². The summed E-state index contributed by atoms with van der Waals surface area (Å²) in [5, 5.41) is 3.53. The van der Waals surface area contributed by atoms with Crippen molar-refractivity contribution in [2.45, 2.75) is 12.8 Å². The maximum Gasteiger partial charge on any atom is 0.290 e. The summed E-state index contributed by atoms with van der Waals surface area (Å²) in [4.78, 5) is 51.1. The number of hydrogen-bond acceptors (Lipinski definition) is 4. The van der Waals surface area contributed by atoms with E-state index in [4.69, 9.17) is 23.2 Å².